The summed E-state index contributed by atoms with van der Waals surface area (Å²) < 4.78 is 0. The van der Waals surface area contributed by atoms with Crippen molar-refractivity contribution in [3.63, 3.8) is 0 Å². The molecule has 0 aliphatic heterocycles. The van der Waals surface area contributed by atoms with E-state index < -0.39 is 0 Å². The Hall–Kier alpha value is -0.470. The van der Waals surface area contributed by atoms with E-state index in [0.717, 1.165) is 5.75 Å². The summed E-state index contributed by atoms with van der Waals surface area (Å²) in [5.74, 6) is 0.990. The molecule has 0 fully saturated rings. The molecule has 1 nitrogen and oxygen atoms in total. The van der Waals surface area contributed by atoms with E-state index >= 15 is 0 Å². The van der Waals surface area contributed by atoms with Crippen LogP contribution in [0.4, 0.5) is 0 Å². The van der Waals surface area contributed by atoms with Crippen molar-refractivity contribution in [3.05, 3.63) is 29.8 Å². The van der Waals surface area contributed by atoms with Crippen molar-refractivity contribution in [2.75, 3.05) is 5.75 Å². The monoisotopic (exact) mass is 181 g/mol. The Bertz CT molecular complexity index is 245. The first-order valence-electron chi connectivity index (χ1n) is 4.13. The molecule has 0 aliphatic rings. The van der Waals surface area contributed by atoms with Crippen LogP contribution in [-0.4, -0.2) is 11.8 Å². The van der Waals surface area contributed by atoms with Crippen LogP contribution in [0.3, 0.4) is 0 Å². The number of rotatable bonds is 3. The van der Waals surface area contributed by atoms with Gasteiger partial charge in [0.05, 0.1) is 0 Å². The zero-order chi connectivity index (χ0) is 8.97. The lowest BCUT2D eigenvalue weighted by Crippen LogP contribution is -2.17. The fourth-order valence-corrected chi connectivity index (χ4v) is 1.83. The summed E-state index contributed by atoms with van der Waals surface area (Å²) in [4.78, 5) is 1.31. The van der Waals surface area contributed by atoms with Crippen molar-refractivity contribution < 1.29 is 0 Å². The lowest BCUT2D eigenvalue weighted by Gasteiger charge is -2.04. The van der Waals surface area contributed by atoms with Gasteiger partial charge in [-0.25, -0.2) is 0 Å². The van der Waals surface area contributed by atoms with Gasteiger partial charge in [-0.1, -0.05) is 17.7 Å². The van der Waals surface area contributed by atoms with Crippen molar-refractivity contribution >= 4 is 11.8 Å². The van der Waals surface area contributed by atoms with Gasteiger partial charge in [-0.15, -0.1) is 11.8 Å². The molecule has 12 heavy (non-hydrogen) atoms. The molecule has 0 saturated carbocycles. The minimum absolute atomic E-state index is 0.274. The number of thioether (sulfide) groups is 1. The fraction of sp³-hybridized carbons (Fsp3) is 0.400. The van der Waals surface area contributed by atoms with Crippen LogP contribution >= 0.6 is 11.8 Å². The molecule has 2 N–H and O–H groups in total. The summed E-state index contributed by atoms with van der Waals surface area (Å²) in [6.07, 6.45) is 0. The average molecular weight is 181 g/mol. The Morgan fingerprint density at radius 2 is 2.25 bits per heavy atom. The minimum Gasteiger partial charge on any atom is -0.327 e. The van der Waals surface area contributed by atoms with Crippen molar-refractivity contribution in [1.82, 2.24) is 0 Å². The topological polar surface area (TPSA) is 26.0 Å². The quantitative estimate of drug-likeness (QED) is 0.725. The summed E-state index contributed by atoms with van der Waals surface area (Å²) in [6.45, 7) is 4.14. The maximum absolute atomic E-state index is 5.66. The molecule has 1 aromatic rings. The van der Waals surface area contributed by atoms with Crippen molar-refractivity contribution in [2.45, 2.75) is 24.8 Å². The van der Waals surface area contributed by atoms with E-state index in [1.165, 1.54) is 10.5 Å². The first-order chi connectivity index (χ1) is 5.68. The second-order valence-electron chi connectivity index (χ2n) is 3.10. The molecule has 0 aromatic heterocycles. The molecule has 0 heterocycles. The second-order valence-corrected chi connectivity index (χ2v) is 4.20. The second kappa shape index (κ2) is 4.53. The third-order valence-electron chi connectivity index (χ3n) is 1.50. The summed E-state index contributed by atoms with van der Waals surface area (Å²) in [7, 11) is 0. The van der Waals surface area contributed by atoms with Gasteiger partial charge in [0.2, 0.25) is 0 Å². The third-order valence-corrected chi connectivity index (χ3v) is 2.78. The Kier molecular flexibility index (Phi) is 3.63. The van der Waals surface area contributed by atoms with Gasteiger partial charge in [0, 0.05) is 16.7 Å². The maximum atomic E-state index is 5.66. The van der Waals surface area contributed by atoms with Crippen LogP contribution in [0.2, 0.25) is 0 Å². The number of benzene rings is 1. The van der Waals surface area contributed by atoms with E-state index in [9.17, 15) is 0 Å². The van der Waals surface area contributed by atoms with E-state index in [-0.39, 0.29) is 6.04 Å². The van der Waals surface area contributed by atoms with E-state index in [2.05, 4.69) is 31.2 Å². The molecular formula is C10H15NS. The third kappa shape index (κ3) is 3.28. The molecule has 0 amide bonds. The highest BCUT2D eigenvalue weighted by Gasteiger charge is 1.96. The van der Waals surface area contributed by atoms with E-state index in [1.807, 2.05) is 18.7 Å². The summed E-state index contributed by atoms with van der Waals surface area (Å²) in [5.41, 5.74) is 6.97. The van der Waals surface area contributed by atoms with Gasteiger partial charge < -0.3 is 5.73 Å². The smallest absolute Gasteiger partial charge is 0.0129 e. The normalized spacial score (nSPS) is 12.9. The Morgan fingerprint density at radius 3 is 2.83 bits per heavy atom. The molecule has 0 saturated heterocycles. The molecule has 1 aromatic carbocycles. The van der Waals surface area contributed by atoms with E-state index in [1.54, 1.807) is 0 Å². The Morgan fingerprint density at radius 1 is 1.50 bits per heavy atom. The van der Waals surface area contributed by atoms with Crippen LogP contribution in [0.5, 0.6) is 0 Å². The van der Waals surface area contributed by atoms with Crippen LogP contribution in [0.15, 0.2) is 29.2 Å². The van der Waals surface area contributed by atoms with Gasteiger partial charge in [-0.2, -0.15) is 0 Å². The molecular weight excluding hydrogens is 166 g/mol. The first kappa shape index (κ1) is 9.62. The molecule has 1 atom stereocenters. The number of nitrogens with two attached hydrogens (primary N) is 1. The molecule has 0 unspecified atom stereocenters. The predicted molar refractivity (Wildman–Crippen MR) is 55.6 cm³/mol. The largest absolute Gasteiger partial charge is 0.327 e. The minimum atomic E-state index is 0.274. The highest BCUT2D eigenvalue weighted by atomic mass is 32.2. The highest BCUT2D eigenvalue weighted by Crippen LogP contribution is 2.18. The van der Waals surface area contributed by atoms with Crippen LogP contribution < -0.4 is 5.73 Å². The molecule has 0 bridgehead atoms. The van der Waals surface area contributed by atoms with Crippen molar-refractivity contribution in [1.29, 1.82) is 0 Å². The summed E-state index contributed by atoms with van der Waals surface area (Å²) in [5, 5.41) is 0. The van der Waals surface area contributed by atoms with Gasteiger partial charge >= 0.3 is 0 Å². The van der Waals surface area contributed by atoms with Gasteiger partial charge in [0.25, 0.3) is 0 Å². The first-order valence-corrected chi connectivity index (χ1v) is 5.12. The van der Waals surface area contributed by atoms with E-state index in [0.29, 0.717) is 0 Å². The molecule has 0 spiro atoms. The number of hydrogen-bond donors (Lipinski definition) is 1. The molecule has 66 valence electrons. The zero-order valence-corrected chi connectivity index (χ0v) is 8.40. The van der Waals surface area contributed by atoms with Gasteiger partial charge in [0.1, 0.15) is 0 Å². The average Bonchev–Trinajstić information content (AvgIpc) is 2.01. The lowest BCUT2D eigenvalue weighted by molar-refractivity contribution is 0.847. The van der Waals surface area contributed by atoms with Crippen molar-refractivity contribution in [3.8, 4) is 0 Å². The van der Waals surface area contributed by atoms with Crippen LogP contribution in [0, 0.1) is 6.92 Å². The summed E-state index contributed by atoms with van der Waals surface area (Å²) in [6, 6.07) is 8.78. The Balaban J connectivity index is 2.52. The van der Waals surface area contributed by atoms with E-state index in [4.69, 9.17) is 5.73 Å². The molecule has 0 radical (unpaired) electrons. The van der Waals surface area contributed by atoms with Gasteiger partial charge in [-0.3, -0.25) is 0 Å². The number of aryl methyl sites for hydroxylation is 1. The lowest BCUT2D eigenvalue weighted by atomic mass is 10.2. The van der Waals surface area contributed by atoms with Gasteiger partial charge in [-0.05, 0) is 26.0 Å². The maximum Gasteiger partial charge on any atom is 0.0129 e. The standard InChI is InChI=1S/C10H15NS/c1-8-4-3-5-10(6-8)12-7-9(2)11/h3-6,9H,7,11H2,1-2H3/t9-/m1/s1. The van der Waals surface area contributed by atoms with Gasteiger partial charge in [0.15, 0.2) is 0 Å². The van der Waals surface area contributed by atoms with Crippen LogP contribution in [-0.2, 0) is 0 Å². The predicted octanol–water partition coefficient (Wildman–Crippen LogP) is 2.43. The van der Waals surface area contributed by atoms with Crippen LogP contribution in [0.1, 0.15) is 12.5 Å². The molecule has 2 heteroatoms. The molecule has 0 aliphatic carbocycles. The SMILES string of the molecule is Cc1cccc(SC[C@@H](C)N)c1. The van der Waals surface area contributed by atoms with Crippen LogP contribution in [0.25, 0.3) is 0 Å². The fourth-order valence-electron chi connectivity index (χ4n) is 0.933. The highest BCUT2D eigenvalue weighted by molar-refractivity contribution is 7.99. The van der Waals surface area contributed by atoms with Crippen molar-refractivity contribution in [2.24, 2.45) is 5.73 Å². The Labute approximate surface area is 78.4 Å². The molecule has 1 rings (SSSR count). The zero-order valence-electron chi connectivity index (χ0n) is 7.58. The summed E-state index contributed by atoms with van der Waals surface area (Å²) >= 11 is 1.82. The number of hydrogen-bond acceptors (Lipinski definition) is 2.